The minimum atomic E-state index is 0. The summed E-state index contributed by atoms with van der Waals surface area (Å²) in [7, 11) is 1.77. The van der Waals surface area contributed by atoms with Crippen molar-refractivity contribution < 1.29 is 0 Å². The zero-order valence-electron chi connectivity index (χ0n) is 15.6. The lowest BCUT2D eigenvalue weighted by Gasteiger charge is -2.12. The molecule has 0 aliphatic carbocycles. The van der Waals surface area contributed by atoms with Crippen molar-refractivity contribution in [1.29, 1.82) is 0 Å². The summed E-state index contributed by atoms with van der Waals surface area (Å²) in [5.41, 5.74) is 2.20. The normalized spacial score (nSPS) is 11.1. The molecule has 0 bridgehead atoms. The van der Waals surface area contributed by atoms with E-state index in [0.717, 1.165) is 46.8 Å². The Labute approximate surface area is 180 Å². The van der Waals surface area contributed by atoms with Crippen LogP contribution in [0.2, 0.25) is 0 Å². The van der Waals surface area contributed by atoms with Gasteiger partial charge in [0.2, 0.25) is 0 Å². The molecule has 7 nitrogen and oxygen atoms in total. The minimum absolute atomic E-state index is 0. The number of hydrogen-bond donors (Lipinski definition) is 2. The molecule has 27 heavy (non-hydrogen) atoms. The summed E-state index contributed by atoms with van der Waals surface area (Å²) in [5, 5.41) is 9.81. The van der Waals surface area contributed by atoms with E-state index in [1.165, 1.54) is 0 Å². The van der Waals surface area contributed by atoms with Crippen LogP contribution in [0.15, 0.2) is 41.1 Å². The first kappa shape index (κ1) is 21.3. The average Bonchev–Trinajstić information content (AvgIpc) is 3.26. The largest absolute Gasteiger partial charge is 0.356 e. The van der Waals surface area contributed by atoms with E-state index in [1.54, 1.807) is 24.6 Å². The summed E-state index contributed by atoms with van der Waals surface area (Å²) in [6.45, 7) is 5.43. The molecular formula is C18H24IN7S. The highest BCUT2D eigenvalue weighted by Crippen LogP contribution is 2.09. The smallest absolute Gasteiger partial charge is 0.191 e. The van der Waals surface area contributed by atoms with Gasteiger partial charge in [0.05, 0.1) is 10.7 Å². The van der Waals surface area contributed by atoms with Gasteiger partial charge in [0.1, 0.15) is 11.6 Å². The van der Waals surface area contributed by atoms with Gasteiger partial charge in [-0.15, -0.1) is 35.3 Å². The zero-order valence-corrected chi connectivity index (χ0v) is 18.8. The van der Waals surface area contributed by atoms with Crippen molar-refractivity contribution in [3.8, 4) is 5.82 Å². The Hall–Kier alpha value is -2.01. The van der Waals surface area contributed by atoms with Crippen LogP contribution in [0.4, 0.5) is 0 Å². The maximum atomic E-state index is 4.51. The molecule has 0 aliphatic heterocycles. The Bertz CT molecular complexity index is 870. The van der Waals surface area contributed by atoms with E-state index in [2.05, 4.69) is 42.0 Å². The second kappa shape index (κ2) is 10.4. The summed E-state index contributed by atoms with van der Waals surface area (Å²) in [6.07, 6.45) is 6.43. The number of pyridine rings is 1. The molecule has 0 fully saturated rings. The Morgan fingerprint density at radius 3 is 2.67 bits per heavy atom. The van der Waals surface area contributed by atoms with E-state index in [0.29, 0.717) is 6.54 Å². The number of aryl methyl sites for hydroxylation is 2. The topological polar surface area (TPSA) is 80.0 Å². The first-order chi connectivity index (χ1) is 12.7. The van der Waals surface area contributed by atoms with E-state index < -0.39 is 0 Å². The molecule has 3 rings (SSSR count). The van der Waals surface area contributed by atoms with Gasteiger partial charge in [-0.3, -0.25) is 9.56 Å². The summed E-state index contributed by atoms with van der Waals surface area (Å²) < 4.78 is 1.96. The lowest BCUT2D eigenvalue weighted by Crippen LogP contribution is -2.37. The Balaban J connectivity index is 0.00000261. The van der Waals surface area contributed by atoms with Crippen molar-refractivity contribution in [2.75, 3.05) is 13.6 Å². The molecule has 0 spiro atoms. The maximum Gasteiger partial charge on any atom is 0.191 e. The van der Waals surface area contributed by atoms with Crippen molar-refractivity contribution in [2.45, 2.75) is 26.8 Å². The number of rotatable bonds is 6. The number of halogens is 1. The third kappa shape index (κ3) is 5.99. The Kier molecular flexibility index (Phi) is 8.17. The van der Waals surface area contributed by atoms with E-state index in [4.69, 9.17) is 0 Å². The van der Waals surface area contributed by atoms with Crippen LogP contribution in [0.3, 0.4) is 0 Å². The molecule has 0 atom stereocenters. The number of aliphatic imine (C=N–C) groups is 1. The molecule has 9 heteroatoms. The molecular weight excluding hydrogens is 473 g/mol. The number of thiazole rings is 1. The second-order valence-electron chi connectivity index (χ2n) is 5.83. The number of nitrogens with zero attached hydrogens (tertiary/aromatic N) is 5. The molecule has 144 valence electrons. The fourth-order valence-corrected chi connectivity index (χ4v) is 3.17. The predicted octanol–water partition coefficient (Wildman–Crippen LogP) is 2.87. The molecule has 0 aliphatic rings. The van der Waals surface area contributed by atoms with Crippen molar-refractivity contribution >= 4 is 41.3 Å². The lowest BCUT2D eigenvalue weighted by atomic mass is 10.3. The monoisotopic (exact) mass is 497 g/mol. The molecule has 0 amide bonds. The Morgan fingerprint density at radius 1 is 1.22 bits per heavy atom. The number of nitrogens with one attached hydrogen (secondary N) is 2. The number of aromatic nitrogens is 4. The van der Waals surface area contributed by atoms with Crippen molar-refractivity contribution in [3.05, 3.63) is 58.2 Å². The quantitative estimate of drug-likeness (QED) is 0.311. The van der Waals surface area contributed by atoms with Gasteiger partial charge >= 0.3 is 0 Å². The van der Waals surface area contributed by atoms with Gasteiger partial charge in [-0.2, -0.15) is 0 Å². The van der Waals surface area contributed by atoms with Crippen LogP contribution in [-0.4, -0.2) is 39.1 Å². The molecule has 0 aromatic carbocycles. The molecule has 0 unspecified atom stereocenters. The second-order valence-corrected chi connectivity index (χ2v) is 6.89. The molecule has 0 saturated heterocycles. The van der Waals surface area contributed by atoms with Crippen LogP contribution < -0.4 is 10.6 Å². The standard InChI is InChI=1S/C18H23N7S.HI/c1-13-20-8-9-25(13)17-5-4-15(10-22-17)11-23-18(19-3)21-7-6-16-12-26-14(2)24-16;/h4-5,8-10,12H,6-7,11H2,1-3H3,(H2,19,21,23);1H. The first-order valence-electron chi connectivity index (χ1n) is 8.46. The van der Waals surface area contributed by atoms with Gasteiger partial charge in [0.25, 0.3) is 0 Å². The molecule has 0 radical (unpaired) electrons. The van der Waals surface area contributed by atoms with E-state index >= 15 is 0 Å². The molecule has 0 saturated carbocycles. The fraction of sp³-hybridized carbons (Fsp3) is 0.333. The number of guanidine groups is 1. The highest BCUT2D eigenvalue weighted by Gasteiger charge is 2.04. The molecule has 3 aromatic heterocycles. The van der Waals surface area contributed by atoms with Crippen LogP contribution in [-0.2, 0) is 13.0 Å². The van der Waals surface area contributed by atoms with Crippen molar-refractivity contribution in [3.63, 3.8) is 0 Å². The van der Waals surface area contributed by atoms with Crippen LogP contribution in [0.1, 0.15) is 22.1 Å². The van der Waals surface area contributed by atoms with Gasteiger partial charge in [-0.25, -0.2) is 15.0 Å². The van der Waals surface area contributed by atoms with Crippen molar-refractivity contribution in [2.24, 2.45) is 4.99 Å². The lowest BCUT2D eigenvalue weighted by molar-refractivity contribution is 0.783. The molecule has 3 aromatic rings. The SMILES string of the molecule is CN=C(NCCc1csc(C)n1)NCc1ccc(-n2ccnc2C)nc1.I. The van der Waals surface area contributed by atoms with E-state index in [1.807, 2.05) is 36.9 Å². The predicted molar refractivity (Wildman–Crippen MR) is 120 cm³/mol. The van der Waals surface area contributed by atoms with Gasteiger partial charge < -0.3 is 10.6 Å². The third-order valence-corrected chi connectivity index (χ3v) is 4.73. The maximum absolute atomic E-state index is 4.51. The van der Waals surface area contributed by atoms with E-state index in [9.17, 15) is 0 Å². The van der Waals surface area contributed by atoms with Gasteiger partial charge in [0.15, 0.2) is 5.96 Å². The van der Waals surface area contributed by atoms with E-state index in [-0.39, 0.29) is 24.0 Å². The average molecular weight is 497 g/mol. The fourth-order valence-electron chi connectivity index (χ4n) is 2.52. The van der Waals surface area contributed by atoms with Crippen LogP contribution in [0.5, 0.6) is 0 Å². The summed E-state index contributed by atoms with van der Waals surface area (Å²) >= 11 is 1.68. The summed E-state index contributed by atoms with van der Waals surface area (Å²) in [6, 6.07) is 4.05. The number of imidazole rings is 1. The summed E-state index contributed by atoms with van der Waals surface area (Å²) in [4.78, 5) is 17.4. The van der Waals surface area contributed by atoms with Crippen LogP contribution in [0.25, 0.3) is 5.82 Å². The zero-order chi connectivity index (χ0) is 18.4. The molecule has 3 heterocycles. The third-order valence-electron chi connectivity index (χ3n) is 3.91. The first-order valence-corrected chi connectivity index (χ1v) is 9.34. The number of hydrogen-bond acceptors (Lipinski definition) is 5. The van der Waals surface area contributed by atoms with Gasteiger partial charge in [0, 0.05) is 50.5 Å². The van der Waals surface area contributed by atoms with Crippen molar-refractivity contribution in [1.82, 2.24) is 30.2 Å². The highest BCUT2D eigenvalue weighted by atomic mass is 127. The minimum Gasteiger partial charge on any atom is -0.356 e. The molecule has 2 N–H and O–H groups in total. The van der Waals surface area contributed by atoms with Crippen LogP contribution >= 0.6 is 35.3 Å². The summed E-state index contributed by atoms with van der Waals surface area (Å²) in [5.74, 6) is 2.56. The Morgan fingerprint density at radius 2 is 2.07 bits per heavy atom. The highest BCUT2D eigenvalue weighted by molar-refractivity contribution is 14.0. The van der Waals surface area contributed by atoms with Crippen LogP contribution in [0, 0.1) is 13.8 Å². The van der Waals surface area contributed by atoms with Gasteiger partial charge in [-0.05, 0) is 25.5 Å². The van der Waals surface area contributed by atoms with Gasteiger partial charge in [-0.1, -0.05) is 6.07 Å².